The van der Waals surface area contributed by atoms with Crippen molar-refractivity contribution in [3.8, 4) is 0 Å². The molecule has 0 aromatic rings. The molecule has 1 heterocycles. The second-order valence-corrected chi connectivity index (χ2v) is 3.81. The van der Waals surface area contributed by atoms with E-state index >= 15 is 0 Å². The van der Waals surface area contributed by atoms with E-state index in [2.05, 4.69) is 0 Å². The maximum Gasteiger partial charge on any atom is 0.244 e. The Bertz CT molecular complexity index is 223. The zero-order valence-electron chi connectivity index (χ0n) is 7.30. The molecule has 2 aliphatic rings. The summed E-state index contributed by atoms with van der Waals surface area (Å²) in [6.45, 7) is 0. The lowest BCUT2D eigenvalue weighted by Crippen LogP contribution is -2.64. The van der Waals surface area contributed by atoms with E-state index in [4.69, 9.17) is 0 Å². The lowest BCUT2D eigenvalue weighted by molar-refractivity contribution is -0.177. The zero-order chi connectivity index (χ0) is 8.77. The van der Waals surface area contributed by atoms with Crippen LogP contribution in [0, 0.1) is 5.41 Å². The Kier molecular flexibility index (Phi) is 1.50. The van der Waals surface area contributed by atoms with E-state index in [1.54, 1.807) is 7.05 Å². The number of imide groups is 1. The van der Waals surface area contributed by atoms with Gasteiger partial charge in [-0.1, -0.05) is 19.3 Å². The van der Waals surface area contributed by atoms with Crippen molar-refractivity contribution in [2.75, 3.05) is 7.05 Å². The van der Waals surface area contributed by atoms with E-state index in [1.807, 2.05) is 0 Å². The van der Waals surface area contributed by atoms with E-state index in [-0.39, 0.29) is 11.8 Å². The van der Waals surface area contributed by atoms with Crippen molar-refractivity contribution in [2.45, 2.75) is 32.1 Å². The van der Waals surface area contributed by atoms with Gasteiger partial charge in [0.05, 0.1) is 0 Å². The highest BCUT2D eigenvalue weighted by Gasteiger charge is 2.58. The highest BCUT2D eigenvalue weighted by molar-refractivity contribution is 6.21. The van der Waals surface area contributed by atoms with Crippen molar-refractivity contribution >= 4 is 11.8 Å². The van der Waals surface area contributed by atoms with Crippen LogP contribution in [0.25, 0.3) is 0 Å². The number of carbonyl (C=O) groups excluding carboxylic acids is 2. The summed E-state index contributed by atoms with van der Waals surface area (Å²) in [5, 5.41) is 0. The van der Waals surface area contributed by atoms with Crippen LogP contribution in [0.15, 0.2) is 0 Å². The van der Waals surface area contributed by atoms with Crippen LogP contribution < -0.4 is 0 Å². The van der Waals surface area contributed by atoms with Crippen molar-refractivity contribution in [3.05, 3.63) is 0 Å². The predicted molar refractivity (Wildman–Crippen MR) is 43.3 cm³/mol. The van der Waals surface area contributed by atoms with Crippen LogP contribution in [0.4, 0.5) is 0 Å². The van der Waals surface area contributed by atoms with Gasteiger partial charge in [0.1, 0.15) is 5.41 Å². The molecule has 0 radical (unpaired) electrons. The standard InChI is InChI=1S/C9H13NO2/c1-10-7(11)9(8(10)12)5-3-2-4-6-9/h2-6H2,1H3. The van der Waals surface area contributed by atoms with Gasteiger partial charge in [0.2, 0.25) is 11.8 Å². The number of hydrogen-bond donors (Lipinski definition) is 0. The van der Waals surface area contributed by atoms with Gasteiger partial charge < -0.3 is 0 Å². The number of nitrogens with zero attached hydrogens (tertiary/aromatic N) is 1. The zero-order valence-corrected chi connectivity index (χ0v) is 7.30. The van der Waals surface area contributed by atoms with Crippen LogP contribution >= 0.6 is 0 Å². The Morgan fingerprint density at radius 3 is 2.08 bits per heavy atom. The van der Waals surface area contributed by atoms with Crippen LogP contribution in [-0.4, -0.2) is 23.8 Å². The number of β-lactam (4-membered cyclic amide) rings is 2. The third kappa shape index (κ3) is 0.713. The Morgan fingerprint density at radius 2 is 1.58 bits per heavy atom. The van der Waals surface area contributed by atoms with Gasteiger partial charge in [-0.3, -0.25) is 14.5 Å². The Balaban J connectivity index is 2.21. The number of hydrogen-bond acceptors (Lipinski definition) is 2. The maximum atomic E-state index is 11.5. The van der Waals surface area contributed by atoms with Crippen LogP contribution in [0.5, 0.6) is 0 Å². The minimum absolute atomic E-state index is 0.0483. The minimum Gasteiger partial charge on any atom is -0.284 e. The van der Waals surface area contributed by atoms with Crippen LogP contribution in [0.2, 0.25) is 0 Å². The lowest BCUT2D eigenvalue weighted by atomic mass is 9.67. The average molecular weight is 167 g/mol. The molecule has 2 fully saturated rings. The summed E-state index contributed by atoms with van der Waals surface area (Å²) in [5.74, 6) is 0.0967. The number of likely N-dealkylation sites (tertiary alicyclic amines) is 1. The molecule has 2 rings (SSSR count). The van der Waals surface area contributed by atoms with E-state index in [0.29, 0.717) is 0 Å². The van der Waals surface area contributed by atoms with Crippen molar-refractivity contribution in [1.82, 2.24) is 4.90 Å². The van der Waals surface area contributed by atoms with Gasteiger partial charge in [-0.2, -0.15) is 0 Å². The van der Waals surface area contributed by atoms with E-state index in [0.717, 1.165) is 25.7 Å². The highest BCUT2D eigenvalue weighted by atomic mass is 16.2. The van der Waals surface area contributed by atoms with Crippen molar-refractivity contribution in [2.24, 2.45) is 5.41 Å². The van der Waals surface area contributed by atoms with E-state index < -0.39 is 5.41 Å². The molecule has 0 bridgehead atoms. The molecule has 0 unspecified atom stereocenters. The van der Waals surface area contributed by atoms with E-state index in [9.17, 15) is 9.59 Å². The molecule has 1 saturated carbocycles. The second kappa shape index (κ2) is 2.31. The number of rotatable bonds is 0. The molecule has 2 amide bonds. The molecule has 0 atom stereocenters. The van der Waals surface area contributed by atoms with Gasteiger partial charge in [0.25, 0.3) is 0 Å². The van der Waals surface area contributed by atoms with Gasteiger partial charge in [-0.15, -0.1) is 0 Å². The molecule has 1 saturated heterocycles. The Labute approximate surface area is 71.7 Å². The lowest BCUT2D eigenvalue weighted by Gasteiger charge is -2.46. The highest BCUT2D eigenvalue weighted by Crippen LogP contribution is 2.45. The Morgan fingerprint density at radius 1 is 1.08 bits per heavy atom. The van der Waals surface area contributed by atoms with Crippen LogP contribution in [0.3, 0.4) is 0 Å². The van der Waals surface area contributed by atoms with Gasteiger partial charge in [-0.25, -0.2) is 0 Å². The third-order valence-electron chi connectivity index (χ3n) is 3.14. The average Bonchev–Trinajstić information content (AvgIpc) is 2.16. The van der Waals surface area contributed by atoms with Crippen molar-refractivity contribution in [1.29, 1.82) is 0 Å². The van der Waals surface area contributed by atoms with Gasteiger partial charge in [-0.05, 0) is 12.8 Å². The summed E-state index contributed by atoms with van der Waals surface area (Å²) in [6.07, 6.45) is 4.81. The summed E-state index contributed by atoms with van der Waals surface area (Å²) in [4.78, 5) is 24.2. The first kappa shape index (κ1) is 7.77. The molecular weight excluding hydrogens is 154 g/mol. The summed E-state index contributed by atoms with van der Waals surface area (Å²) >= 11 is 0. The fraction of sp³-hybridized carbons (Fsp3) is 0.778. The SMILES string of the molecule is CN1C(=O)C2(CCCCC2)C1=O. The topological polar surface area (TPSA) is 37.4 Å². The summed E-state index contributed by atoms with van der Waals surface area (Å²) in [5.41, 5.74) is -0.562. The quantitative estimate of drug-likeness (QED) is 0.397. The van der Waals surface area contributed by atoms with Gasteiger partial charge in [0.15, 0.2) is 0 Å². The molecule has 12 heavy (non-hydrogen) atoms. The molecule has 1 spiro atoms. The second-order valence-electron chi connectivity index (χ2n) is 3.81. The molecule has 0 aromatic heterocycles. The molecule has 0 aromatic carbocycles. The summed E-state index contributed by atoms with van der Waals surface area (Å²) in [6, 6.07) is 0. The Hall–Kier alpha value is -0.860. The van der Waals surface area contributed by atoms with Crippen molar-refractivity contribution < 1.29 is 9.59 Å². The first-order valence-corrected chi connectivity index (χ1v) is 4.51. The predicted octanol–water partition coefficient (Wildman–Crippen LogP) is 0.935. The monoisotopic (exact) mass is 167 g/mol. The molecule has 3 nitrogen and oxygen atoms in total. The van der Waals surface area contributed by atoms with Crippen LogP contribution in [-0.2, 0) is 9.59 Å². The summed E-state index contributed by atoms with van der Waals surface area (Å²) in [7, 11) is 1.57. The largest absolute Gasteiger partial charge is 0.284 e. The molecule has 66 valence electrons. The van der Waals surface area contributed by atoms with Crippen molar-refractivity contribution in [3.63, 3.8) is 0 Å². The molecule has 0 N–H and O–H groups in total. The molecular formula is C9H13NO2. The normalized spacial score (nSPS) is 27.6. The molecule has 1 aliphatic carbocycles. The van der Waals surface area contributed by atoms with Gasteiger partial charge in [0, 0.05) is 7.05 Å². The van der Waals surface area contributed by atoms with Gasteiger partial charge >= 0.3 is 0 Å². The fourth-order valence-corrected chi connectivity index (χ4v) is 2.36. The maximum absolute atomic E-state index is 11.5. The molecule has 3 heteroatoms. The van der Waals surface area contributed by atoms with E-state index in [1.165, 1.54) is 11.3 Å². The third-order valence-corrected chi connectivity index (χ3v) is 3.14. The van der Waals surface area contributed by atoms with Crippen LogP contribution in [0.1, 0.15) is 32.1 Å². The smallest absolute Gasteiger partial charge is 0.244 e. The number of amides is 2. The number of carbonyl (C=O) groups is 2. The minimum atomic E-state index is -0.562. The summed E-state index contributed by atoms with van der Waals surface area (Å²) < 4.78 is 0. The first-order chi connectivity index (χ1) is 5.68. The fourth-order valence-electron chi connectivity index (χ4n) is 2.36. The first-order valence-electron chi connectivity index (χ1n) is 4.51. The molecule has 1 aliphatic heterocycles.